The molecule has 0 radical (unpaired) electrons. The summed E-state index contributed by atoms with van der Waals surface area (Å²) in [6.07, 6.45) is 2.81. The first kappa shape index (κ1) is 17.7. The summed E-state index contributed by atoms with van der Waals surface area (Å²) in [5.74, 6) is 0.107. The maximum atomic E-state index is 12.2. The number of rotatable bonds is 7. The summed E-state index contributed by atoms with van der Waals surface area (Å²) in [7, 11) is -3.35. The maximum Gasteiger partial charge on any atom is 0.225 e. The number of hydrogen-bond acceptors (Lipinski definition) is 4. The van der Waals surface area contributed by atoms with E-state index in [4.69, 9.17) is 4.74 Å². The molecule has 1 heterocycles. The smallest absolute Gasteiger partial charge is 0.225 e. The lowest BCUT2D eigenvalue weighted by Crippen LogP contribution is -2.37. The minimum absolute atomic E-state index is 0.0563. The summed E-state index contributed by atoms with van der Waals surface area (Å²) < 4.78 is 31.4. The Balaban J connectivity index is 1.90. The molecule has 128 valence electrons. The van der Waals surface area contributed by atoms with Gasteiger partial charge in [-0.2, -0.15) is 0 Å². The van der Waals surface area contributed by atoms with E-state index in [1.807, 2.05) is 13.0 Å². The number of anilines is 1. The van der Waals surface area contributed by atoms with Crippen molar-refractivity contribution < 1.29 is 17.9 Å². The zero-order valence-corrected chi connectivity index (χ0v) is 14.3. The first-order valence-electron chi connectivity index (χ1n) is 8.02. The van der Waals surface area contributed by atoms with Gasteiger partial charge in [0.25, 0.3) is 0 Å². The van der Waals surface area contributed by atoms with Gasteiger partial charge in [0.1, 0.15) is 5.75 Å². The van der Waals surface area contributed by atoms with Crippen LogP contribution in [0.25, 0.3) is 0 Å². The molecule has 0 atom stereocenters. The SMILES string of the molecule is CCOc1ccccc1NC(=O)CCS(=O)(=O)N1CCCCC1. The Labute approximate surface area is 137 Å². The topological polar surface area (TPSA) is 75.7 Å². The summed E-state index contributed by atoms with van der Waals surface area (Å²) in [5.41, 5.74) is 0.565. The normalized spacial score (nSPS) is 16.0. The quantitative estimate of drug-likeness (QED) is 0.826. The molecule has 1 aromatic carbocycles. The molecule has 1 aliphatic rings. The van der Waals surface area contributed by atoms with Crippen LogP contribution in [0, 0.1) is 0 Å². The van der Waals surface area contributed by atoms with Crippen LogP contribution in [0.5, 0.6) is 5.75 Å². The van der Waals surface area contributed by atoms with Crippen LogP contribution >= 0.6 is 0 Å². The Kier molecular flexibility index (Phi) is 6.41. The van der Waals surface area contributed by atoms with Crippen molar-refractivity contribution in [1.29, 1.82) is 0 Å². The van der Waals surface area contributed by atoms with Crippen LogP contribution < -0.4 is 10.1 Å². The molecule has 0 unspecified atom stereocenters. The van der Waals surface area contributed by atoms with E-state index in [2.05, 4.69) is 5.32 Å². The van der Waals surface area contributed by atoms with E-state index in [1.165, 1.54) is 4.31 Å². The van der Waals surface area contributed by atoms with Crippen LogP contribution in [0.15, 0.2) is 24.3 Å². The van der Waals surface area contributed by atoms with E-state index in [-0.39, 0.29) is 18.1 Å². The van der Waals surface area contributed by atoms with Crippen molar-refractivity contribution in [3.63, 3.8) is 0 Å². The van der Waals surface area contributed by atoms with Crippen molar-refractivity contribution in [3.05, 3.63) is 24.3 Å². The Bertz CT molecular complexity index is 625. The molecule has 1 aliphatic heterocycles. The van der Waals surface area contributed by atoms with Gasteiger partial charge in [-0.15, -0.1) is 0 Å². The second-order valence-electron chi connectivity index (χ2n) is 5.50. The number of nitrogens with one attached hydrogen (secondary N) is 1. The zero-order chi connectivity index (χ0) is 16.7. The molecule has 1 saturated heterocycles. The van der Waals surface area contributed by atoms with Crippen molar-refractivity contribution in [2.24, 2.45) is 0 Å². The second kappa shape index (κ2) is 8.31. The number of nitrogens with zero attached hydrogens (tertiary/aromatic N) is 1. The Hall–Kier alpha value is -1.60. The van der Waals surface area contributed by atoms with Gasteiger partial charge in [-0.3, -0.25) is 4.79 Å². The third-order valence-electron chi connectivity index (χ3n) is 3.76. The van der Waals surface area contributed by atoms with Gasteiger partial charge in [-0.25, -0.2) is 12.7 Å². The number of carbonyl (C=O) groups is 1. The van der Waals surface area contributed by atoms with Gasteiger partial charge in [0.15, 0.2) is 0 Å². The van der Waals surface area contributed by atoms with Crippen molar-refractivity contribution in [2.75, 3.05) is 30.8 Å². The third kappa shape index (κ3) is 5.21. The van der Waals surface area contributed by atoms with Gasteiger partial charge in [-0.05, 0) is 31.9 Å². The molecule has 6 nitrogen and oxygen atoms in total. The highest BCUT2D eigenvalue weighted by atomic mass is 32.2. The van der Waals surface area contributed by atoms with Crippen LogP contribution in [-0.2, 0) is 14.8 Å². The Morgan fingerprint density at radius 3 is 2.61 bits per heavy atom. The fourth-order valence-corrected chi connectivity index (χ4v) is 4.07. The van der Waals surface area contributed by atoms with Crippen LogP contribution in [0.2, 0.25) is 0 Å². The van der Waals surface area contributed by atoms with Gasteiger partial charge in [0, 0.05) is 19.5 Å². The van der Waals surface area contributed by atoms with Gasteiger partial charge in [0.2, 0.25) is 15.9 Å². The lowest BCUT2D eigenvalue weighted by molar-refractivity contribution is -0.115. The highest BCUT2D eigenvalue weighted by Crippen LogP contribution is 2.24. The van der Waals surface area contributed by atoms with Crippen molar-refractivity contribution in [2.45, 2.75) is 32.6 Å². The monoisotopic (exact) mass is 340 g/mol. The summed E-state index contributed by atoms with van der Waals surface area (Å²) in [4.78, 5) is 12.0. The molecule has 1 fully saturated rings. The molecule has 7 heteroatoms. The van der Waals surface area contributed by atoms with Crippen molar-refractivity contribution in [1.82, 2.24) is 4.31 Å². The molecule has 23 heavy (non-hydrogen) atoms. The molecule has 1 N–H and O–H groups in total. The molecule has 1 amide bonds. The van der Waals surface area contributed by atoms with Crippen LogP contribution in [0.1, 0.15) is 32.6 Å². The first-order valence-corrected chi connectivity index (χ1v) is 9.63. The van der Waals surface area contributed by atoms with Crippen molar-refractivity contribution >= 4 is 21.6 Å². The molecule has 2 rings (SSSR count). The van der Waals surface area contributed by atoms with Crippen LogP contribution in [0.3, 0.4) is 0 Å². The molecular weight excluding hydrogens is 316 g/mol. The molecule has 0 bridgehead atoms. The molecule has 1 aromatic rings. The highest BCUT2D eigenvalue weighted by Gasteiger charge is 2.24. The summed E-state index contributed by atoms with van der Waals surface area (Å²) in [5, 5.41) is 2.72. The number of hydrogen-bond donors (Lipinski definition) is 1. The average molecular weight is 340 g/mol. The first-order chi connectivity index (χ1) is 11.0. The van der Waals surface area contributed by atoms with Crippen LogP contribution in [0.4, 0.5) is 5.69 Å². The number of amides is 1. The molecule has 0 aliphatic carbocycles. The molecule has 0 spiro atoms. The number of ether oxygens (including phenoxy) is 1. The van der Waals surface area contributed by atoms with Gasteiger partial charge in [0.05, 0.1) is 18.0 Å². The number of benzene rings is 1. The van der Waals surface area contributed by atoms with E-state index in [1.54, 1.807) is 18.2 Å². The van der Waals surface area contributed by atoms with E-state index in [9.17, 15) is 13.2 Å². The minimum Gasteiger partial charge on any atom is -0.492 e. The Morgan fingerprint density at radius 2 is 1.91 bits per heavy atom. The largest absolute Gasteiger partial charge is 0.492 e. The summed E-state index contributed by atoms with van der Waals surface area (Å²) in [6.45, 7) is 3.49. The van der Waals surface area contributed by atoms with Gasteiger partial charge >= 0.3 is 0 Å². The predicted molar refractivity (Wildman–Crippen MR) is 90.1 cm³/mol. The number of carbonyl (C=O) groups excluding carboxylic acids is 1. The second-order valence-corrected chi connectivity index (χ2v) is 7.59. The zero-order valence-electron chi connectivity index (χ0n) is 13.5. The number of sulfonamides is 1. The van der Waals surface area contributed by atoms with E-state index in [0.29, 0.717) is 31.1 Å². The fraction of sp³-hybridized carbons (Fsp3) is 0.562. The number of piperidine rings is 1. The number of para-hydroxylation sites is 2. The van der Waals surface area contributed by atoms with Crippen LogP contribution in [-0.4, -0.2) is 44.1 Å². The lowest BCUT2D eigenvalue weighted by atomic mass is 10.2. The highest BCUT2D eigenvalue weighted by molar-refractivity contribution is 7.89. The predicted octanol–water partition coefficient (Wildman–Crippen LogP) is 2.23. The fourth-order valence-electron chi connectivity index (χ4n) is 2.56. The van der Waals surface area contributed by atoms with E-state index < -0.39 is 10.0 Å². The van der Waals surface area contributed by atoms with E-state index in [0.717, 1.165) is 19.3 Å². The lowest BCUT2D eigenvalue weighted by Gasteiger charge is -2.25. The van der Waals surface area contributed by atoms with Gasteiger partial charge < -0.3 is 10.1 Å². The van der Waals surface area contributed by atoms with E-state index >= 15 is 0 Å². The maximum absolute atomic E-state index is 12.2. The Morgan fingerprint density at radius 1 is 1.22 bits per heavy atom. The summed E-state index contributed by atoms with van der Waals surface area (Å²) in [6, 6.07) is 7.12. The minimum atomic E-state index is -3.35. The summed E-state index contributed by atoms with van der Waals surface area (Å²) >= 11 is 0. The van der Waals surface area contributed by atoms with Gasteiger partial charge in [-0.1, -0.05) is 18.6 Å². The third-order valence-corrected chi connectivity index (χ3v) is 5.63. The molecule has 0 aromatic heterocycles. The molecular formula is C16H24N2O4S. The van der Waals surface area contributed by atoms with Crippen molar-refractivity contribution in [3.8, 4) is 5.75 Å². The average Bonchev–Trinajstić information content (AvgIpc) is 2.56. The molecule has 0 saturated carbocycles. The standard InChI is InChI=1S/C16H24N2O4S/c1-2-22-15-9-5-4-8-14(15)17-16(19)10-13-23(20,21)18-11-6-3-7-12-18/h4-5,8-9H,2-3,6-7,10-13H2,1H3,(H,17,19).